The Balaban J connectivity index is 1.70. The molecule has 0 saturated heterocycles. The van der Waals surface area contributed by atoms with E-state index in [1.54, 1.807) is 36.4 Å². The average molecular weight is 475 g/mol. The zero-order chi connectivity index (χ0) is 22.0. The molecule has 4 aromatic rings. The van der Waals surface area contributed by atoms with Crippen LogP contribution in [0, 0.1) is 22.7 Å². The molecule has 0 amide bonds. The summed E-state index contributed by atoms with van der Waals surface area (Å²) in [6.07, 6.45) is 1.42. The molecule has 3 heterocycles. The molecule has 0 radical (unpaired) electrons. The van der Waals surface area contributed by atoms with Crippen LogP contribution in [0.5, 0.6) is 0 Å². The van der Waals surface area contributed by atoms with Gasteiger partial charge in [0.25, 0.3) is 0 Å². The Kier molecular flexibility index (Phi) is 5.38. The first-order valence-electron chi connectivity index (χ1n) is 8.90. The first-order chi connectivity index (χ1) is 15.0. The zero-order valence-electron chi connectivity index (χ0n) is 15.8. The molecule has 0 aliphatic rings. The number of nitriles is 2. The Bertz CT molecular complexity index is 1460. The summed E-state index contributed by atoms with van der Waals surface area (Å²) in [6, 6.07) is 15.6. The number of anilines is 1. The maximum absolute atomic E-state index is 12.7. The second-order valence-electron chi connectivity index (χ2n) is 6.33. The van der Waals surface area contributed by atoms with Crippen molar-refractivity contribution in [2.24, 2.45) is 0 Å². The van der Waals surface area contributed by atoms with Crippen LogP contribution in [0.4, 0.5) is 5.82 Å². The number of nitrogens with zero attached hydrogens (tertiary/aromatic N) is 3. The summed E-state index contributed by atoms with van der Waals surface area (Å²) in [4.78, 5) is 29.2. The van der Waals surface area contributed by atoms with Crippen molar-refractivity contribution < 1.29 is 13.6 Å². The van der Waals surface area contributed by atoms with Gasteiger partial charge in [-0.3, -0.25) is 0 Å². The maximum atomic E-state index is 12.7. The van der Waals surface area contributed by atoms with E-state index in [0.717, 1.165) is 0 Å². The molecule has 31 heavy (non-hydrogen) atoms. The van der Waals surface area contributed by atoms with Crippen molar-refractivity contribution in [2.45, 2.75) is 5.32 Å². The zero-order valence-corrected chi connectivity index (χ0v) is 17.5. The Morgan fingerprint density at radius 2 is 1.90 bits per heavy atom. The van der Waals surface area contributed by atoms with Crippen LogP contribution >= 0.6 is 0 Å². The number of benzene rings is 1. The molecule has 9 heteroatoms. The number of fused-ring (bicyclic) bond motifs is 1. The number of carbonyl (C=O) groups is 1. The van der Waals surface area contributed by atoms with Crippen LogP contribution in [0.1, 0.15) is 21.5 Å². The fourth-order valence-corrected chi connectivity index (χ4v) is 4.88. The van der Waals surface area contributed by atoms with Gasteiger partial charge in [-0.1, -0.05) is 0 Å². The predicted octanol–water partition coefficient (Wildman–Crippen LogP) is 2.40. The molecule has 2 N–H and O–H groups in total. The van der Waals surface area contributed by atoms with E-state index in [1.807, 2.05) is 12.1 Å². The number of nitrogen functional groups attached to an aromatic ring is 1. The van der Waals surface area contributed by atoms with Crippen LogP contribution in [-0.2, 0) is 0 Å². The summed E-state index contributed by atoms with van der Waals surface area (Å²) in [7, 11) is 0. The molecule has 0 bridgehead atoms. The number of nitrogens with two attached hydrogens (primary N) is 1. The van der Waals surface area contributed by atoms with Gasteiger partial charge < -0.3 is 0 Å². The monoisotopic (exact) mass is 476 g/mol. The Labute approximate surface area is 181 Å². The molecule has 0 fully saturated rings. The van der Waals surface area contributed by atoms with Gasteiger partial charge in [-0.2, -0.15) is 0 Å². The molecule has 0 aliphatic heterocycles. The fourth-order valence-electron chi connectivity index (χ4n) is 3.04. The normalized spacial score (nSPS) is 10.5. The number of ketones is 1. The molecule has 8 nitrogen and oxygen atoms in total. The summed E-state index contributed by atoms with van der Waals surface area (Å²) < 4.78 is 10.9. The second-order valence-corrected chi connectivity index (χ2v) is 8.35. The van der Waals surface area contributed by atoms with Crippen molar-refractivity contribution in [3.8, 4) is 23.5 Å². The van der Waals surface area contributed by atoms with Crippen LogP contribution in [0.15, 0.2) is 62.4 Å². The van der Waals surface area contributed by atoms with Gasteiger partial charge in [-0.15, -0.1) is 0 Å². The first-order valence-corrected chi connectivity index (χ1v) is 11.0. The standard InChI is InChI=1S/C22H12N4O4Se/c23-9-14-19(18-6-3-7-29-18)15(10-24)21(26-20(14)25)31-11-16(27)13-8-12-4-1-2-5-17(12)30-22(13)28/h1-8H,11H2,(H2,25,26). The van der Waals surface area contributed by atoms with Crippen molar-refractivity contribution in [1.82, 2.24) is 4.98 Å². The van der Waals surface area contributed by atoms with Gasteiger partial charge >= 0.3 is 182 Å². The number of para-hydroxylation sites is 1. The van der Waals surface area contributed by atoms with Crippen LogP contribution in [0.3, 0.4) is 0 Å². The summed E-state index contributed by atoms with van der Waals surface area (Å²) >= 11 is -0.635. The van der Waals surface area contributed by atoms with Gasteiger partial charge in [-0.25, -0.2) is 0 Å². The summed E-state index contributed by atoms with van der Waals surface area (Å²) in [5, 5.41) is 19.8. The molecule has 0 saturated carbocycles. The van der Waals surface area contributed by atoms with Crippen LogP contribution in [0.25, 0.3) is 22.3 Å². The molecule has 3 aromatic heterocycles. The van der Waals surface area contributed by atoms with Gasteiger partial charge in [0, 0.05) is 0 Å². The topological polar surface area (TPSA) is 147 Å². The Morgan fingerprint density at radius 3 is 2.61 bits per heavy atom. The molecule has 4 rings (SSSR count). The van der Waals surface area contributed by atoms with Crippen molar-refractivity contribution >= 4 is 42.1 Å². The van der Waals surface area contributed by atoms with Crippen LogP contribution in [-0.4, -0.2) is 25.7 Å². The third-order valence-corrected chi connectivity index (χ3v) is 6.51. The predicted molar refractivity (Wildman–Crippen MR) is 113 cm³/mol. The number of hydrogen-bond acceptors (Lipinski definition) is 8. The average Bonchev–Trinajstić information content (AvgIpc) is 3.31. The van der Waals surface area contributed by atoms with E-state index in [4.69, 9.17) is 14.6 Å². The summed E-state index contributed by atoms with van der Waals surface area (Å²) in [6.45, 7) is 0. The van der Waals surface area contributed by atoms with E-state index in [0.29, 0.717) is 21.3 Å². The molecular formula is C22H12N4O4Se. The summed E-state index contributed by atoms with van der Waals surface area (Å²) in [5.74, 6) is -0.170. The Morgan fingerprint density at radius 1 is 1.13 bits per heavy atom. The van der Waals surface area contributed by atoms with E-state index in [-0.39, 0.29) is 33.4 Å². The Hall–Kier alpha value is -4.17. The van der Waals surface area contributed by atoms with Gasteiger partial charge in [0.05, 0.1) is 0 Å². The number of hydrogen-bond donors (Lipinski definition) is 1. The molecule has 0 spiro atoms. The minimum atomic E-state index is -0.719. The molecule has 0 atom stereocenters. The minimum absolute atomic E-state index is 0.0348. The molecule has 1 aromatic carbocycles. The van der Waals surface area contributed by atoms with Crippen molar-refractivity contribution in [2.75, 3.05) is 5.73 Å². The van der Waals surface area contributed by atoms with Crippen molar-refractivity contribution in [1.29, 1.82) is 10.5 Å². The van der Waals surface area contributed by atoms with Gasteiger partial charge in [-0.05, 0) is 0 Å². The van der Waals surface area contributed by atoms with Gasteiger partial charge in [0.15, 0.2) is 0 Å². The third-order valence-electron chi connectivity index (χ3n) is 4.46. The first kappa shape index (κ1) is 20.1. The van der Waals surface area contributed by atoms with E-state index >= 15 is 0 Å². The van der Waals surface area contributed by atoms with E-state index in [2.05, 4.69) is 4.98 Å². The van der Waals surface area contributed by atoms with E-state index < -0.39 is 26.4 Å². The quantitative estimate of drug-likeness (QED) is 0.263. The molecule has 0 aliphatic carbocycles. The summed E-state index contributed by atoms with van der Waals surface area (Å²) in [5.41, 5.74) is 5.96. The van der Waals surface area contributed by atoms with Crippen LogP contribution < -0.4 is 16.0 Å². The number of rotatable bonds is 5. The number of Topliss-reactive ketones (excluding diaryl/α,β-unsaturated/α-hetero) is 1. The molecular weight excluding hydrogens is 463 g/mol. The third kappa shape index (κ3) is 3.72. The SMILES string of the molecule is N#Cc1c(N)nc([Se]CC(=O)c2cc3ccccc3oc2=O)c(C#N)c1-c1ccco1. The van der Waals surface area contributed by atoms with Crippen molar-refractivity contribution in [3.63, 3.8) is 0 Å². The second kappa shape index (κ2) is 8.29. The van der Waals surface area contributed by atoms with E-state index in [1.165, 1.54) is 12.3 Å². The number of furan rings is 1. The van der Waals surface area contributed by atoms with Crippen LogP contribution in [0.2, 0.25) is 5.32 Å². The molecule has 150 valence electrons. The van der Waals surface area contributed by atoms with Gasteiger partial charge in [0.2, 0.25) is 0 Å². The number of aromatic nitrogens is 1. The van der Waals surface area contributed by atoms with E-state index in [9.17, 15) is 20.1 Å². The molecule has 0 unspecified atom stereocenters. The number of carbonyl (C=O) groups excluding carboxylic acids is 1. The number of pyridine rings is 1. The van der Waals surface area contributed by atoms with Crippen molar-refractivity contribution in [3.05, 3.63) is 75.8 Å². The van der Waals surface area contributed by atoms with Gasteiger partial charge in [0.1, 0.15) is 0 Å². The fraction of sp³-hybridized carbons (Fsp3) is 0.0455.